The second-order valence-electron chi connectivity index (χ2n) is 5.87. The van der Waals surface area contributed by atoms with Crippen molar-refractivity contribution in [1.82, 2.24) is 14.9 Å². The second kappa shape index (κ2) is 6.64. The Morgan fingerprint density at radius 1 is 1.38 bits per heavy atom. The molecule has 0 bridgehead atoms. The molecule has 0 unspecified atom stereocenters. The van der Waals surface area contributed by atoms with E-state index in [4.69, 9.17) is 5.84 Å². The van der Waals surface area contributed by atoms with Crippen LogP contribution in [0.2, 0.25) is 0 Å². The number of rotatable bonds is 6. The highest BCUT2D eigenvalue weighted by molar-refractivity contribution is 8.00. The van der Waals surface area contributed by atoms with Crippen LogP contribution in [-0.2, 0) is 4.79 Å². The fraction of sp³-hybridized carbons (Fsp3) is 0.375. The van der Waals surface area contributed by atoms with Gasteiger partial charge in [-0.2, -0.15) is 0 Å². The highest BCUT2D eigenvalue weighted by Gasteiger charge is 2.30. The van der Waals surface area contributed by atoms with Gasteiger partial charge in [-0.15, -0.1) is 10.2 Å². The number of ketones is 1. The largest absolute Gasteiger partial charge is 0.336 e. The van der Waals surface area contributed by atoms with Gasteiger partial charge in [-0.3, -0.25) is 9.59 Å². The van der Waals surface area contributed by atoms with Gasteiger partial charge in [0.1, 0.15) is 0 Å². The fourth-order valence-electron chi connectivity index (χ4n) is 2.26. The molecule has 1 heterocycles. The van der Waals surface area contributed by atoms with Gasteiger partial charge in [0.2, 0.25) is 11.1 Å². The van der Waals surface area contributed by atoms with Crippen LogP contribution in [0.5, 0.6) is 0 Å². The summed E-state index contributed by atoms with van der Waals surface area (Å²) in [5.41, 5.74) is 1.15. The first-order chi connectivity index (χ1) is 11.5. The molecule has 0 radical (unpaired) electrons. The maximum Gasteiger partial charge on any atom is 0.237 e. The first-order valence-corrected chi connectivity index (χ1v) is 8.62. The summed E-state index contributed by atoms with van der Waals surface area (Å²) < 4.78 is 1.47. The maximum absolute atomic E-state index is 12.3. The summed E-state index contributed by atoms with van der Waals surface area (Å²) in [5.74, 6) is 6.95. The Labute approximate surface area is 144 Å². The van der Waals surface area contributed by atoms with Gasteiger partial charge in [0.25, 0.3) is 0 Å². The molecule has 1 saturated carbocycles. The van der Waals surface area contributed by atoms with Crippen molar-refractivity contribution in [3.05, 3.63) is 35.7 Å². The minimum absolute atomic E-state index is 0.0441. The lowest BCUT2D eigenvalue weighted by atomic mass is 10.1. The molecule has 1 aromatic heterocycles. The van der Waals surface area contributed by atoms with E-state index >= 15 is 0 Å². The molecule has 126 valence electrons. The van der Waals surface area contributed by atoms with Gasteiger partial charge in [-0.1, -0.05) is 23.9 Å². The van der Waals surface area contributed by atoms with Crippen LogP contribution < -0.4 is 11.2 Å². The van der Waals surface area contributed by atoms with Crippen LogP contribution in [0.15, 0.2) is 29.4 Å². The number of nitrogens with zero attached hydrogens (tertiary/aromatic N) is 3. The number of carbonyl (C=O) groups is 2. The second-order valence-corrected chi connectivity index (χ2v) is 7.18. The first kappa shape index (κ1) is 16.5. The summed E-state index contributed by atoms with van der Waals surface area (Å²) in [5, 5.41) is 11.1. The fourth-order valence-corrected chi connectivity index (χ4v) is 3.04. The van der Waals surface area contributed by atoms with Crippen molar-refractivity contribution >= 4 is 29.1 Å². The number of carbonyl (C=O) groups excluding carboxylic acids is 2. The normalized spacial score (nSPS) is 15.1. The highest BCUT2D eigenvalue weighted by atomic mass is 32.2. The molecule has 24 heavy (non-hydrogen) atoms. The molecule has 1 aliphatic rings. The van der Waals surface area contributed by atoms with E-state index in [9.17, 15) is 9.59 Å². The van der Waals surface area contributed by atoms with Crippen molar-refractivity contribution in [3.63, 3.8) is 0 Å². The third kappa shape index (κ3) is 3.59. The molecule has 1 aliphatic carbocycles. The van der Waals surface area contributed by atoms with E-state index in [2.05, 4.69) is 15.5 Å². The molecule has 1 amide bonds. The number of benzene rings is 1. The standard InChI is InChI=1S/C16H19N5O2S/c1-9(22)12-4-3-5-13(8-12)18-15(23)10(2)24-16-20-19-14(21(16)17)11-6-7-11/h3-5,8,10-11H,6-7,17H2,1-2H3,(H,18,23)/t10-/m1/s1. The van der Waals surface area contributed by atoms with E-state index in [1.807, 2.05) is 0 Å². The number of hydrogen-bond acceptors (Lipinski definition) is 6. The van der Waals surface area contributed by atoms with Gasteiger partial charge in [-0.25, -0.2) is 4.68 Å². The van der Waals surface area contributed by atoms with Gasteiger partial charge in [0.15, 0.2) is 11.6 Å². The molecule has 0 spiro atoms. The van der Waals surface area contributed by atoms with Crippen molar-refractivity contribution in [2.45, 2.75) is 43.0 Å². The average Bonchev–Trinajstić information content (AvgIpc) is 3.33. The van der Waals surface area contributed by atoms with Crippen LogP contribution in [0, 0.1) is 0 Å². The zero-order chi connectivity index (χ0) is 17.3. The Morgan fingerprint density at radius 2 is 2.12 bits per heavy atom. The maximum atomic E-state index is 12.3. The predicted molar refractivity (Wildman–Crippen MR) is 92.5 cm³/mol. The van der Waals surface area contributed by atoms with Crippen molar-refractivity contribution < 1.29 is 9.59 Å². The summed E-state index contributed by atoms with van der Waals surface area (Å²) in [6.07, 6.45) is 2.17. The van der Waals surface area contributed by atoms with Crippen LogP contribution in [0.1, 0.15) is 48.8 Å². The number of nitrogens with one attached hydrogen (secondary N) is 1. The van der Waals surface area contributed by atoms with Crippen LogP contribution in [-0.4, -0.2) is 31.8 Å². The molecule has 1 fully saturated rings. The molecular weight excluding hydrogens is 326 g/mol. The summed E-state index contributed by atoms with van der Waals surface area (Å²) >= 11 is 1.26. The number of nitrogen functional groups attached to an aromatic ring is 1. The Hall–Kier alpha value is -2.35. The van der Waals surface area contributed by atoms with Gasteiger partial charge in [0.05, 0.1) is 5.25 Å². The van der Waals surface area contributed by atoms with E-state index in [-0.39, 0.29) is 11.7 Å². The molecule has 0 saturated heterocycles. The molecule has 1 atom stereocenters. The number of aromatic nitrogens is 3. The number of nitrogens with two attached hydrogens (primary N) is 1. The summed E-state index contributed by atoms with van der Waals surface area (Å²) in [6.45, 7) is 3.27. The van der Waals surface area contributed by atoms with Crippen LogP contribution in [0.25, 0.3) is 0 Å². The molecule has 7 nitrogen and oxygen atoms in total. The molecule has 8 heteroatoms. The third-order valence-electron chi connectivity index (χ3n) is 3.82. The zero-order valence-electron chi connectivity index (χ0n) is 13.5. The van der Waals surface area contributed by atoms with E-state index in [1.165, 1.54) is 23.4 Å². The number of thioether (sulfide) groups is 1. The minimum Gasteiger partial charge on any atom is -0.336 e. The lowest BCUT2D eigenvalue weighted by Crippen LogP contribution is -2.24. The Morgan fingerprint density at radius 3 is 2.79 bits per heavy atom. The van der Waals surface area contributed by atoms with Gasteiger partial charge >= 0.3 is 0 Å². The lowest BCUT2D eigenvalue weighted by molar-refractivity contribution is -0.115. The Kier molecular flexibility index (Phi) is 4.57. The highest BCUT2D eigenvalue weighted by Crippen LogP contribution is 2.39. The SMILES string of the molecule is CC(=O)c1cccc(NC(=O)[C@@H](C)Sc2nnc(C3CC3)n2N)c1. The van der Waals surface area contributed by atoms with E-state index in [0.717, 1.165) is 18.7 Å². The molecular formula is C16H19N5O2S. The summed E-state index contributed by atoms with van der Waals surface area (Å²) in [6, 6.07) is 6.86. The molecule has 3 N–H and O–H groups in total. The van der Waals surface area contributed by atoms with Crippen LogP contribution in [0.3, 0.4) is 0 Å². The number of hydrogen-bond donors (Lipinski definition) is 2. The monoisotopic (exact) mass is 345 g/mol. The first-order valence-electron chi connectivity index (χ1n) is 7.74. The quantitative estimate of drug-likeness (QED) is 0.472. The zero-order valence-corrected chi connectivity index (χ0v) is 14.3. The number of anilines is 1. The third-order valence-corrected chi connectivity index (χ3v) is 4.88. The molecule has 0 aliphatic heterocycles. The smallest absolute Gasteiger partial charge is 0.237 e. The van der Waals surface area contributed by atoms with Gasteiger partial charge in [-0.05, 0) is 38.8 Å². The summed E-state index contributed by atoms with van der Waals surface area (Å²) in [7, 11) is 0. The molecule has 1 aromatic carbocycles. The number of Topliss-reactive ketones (excluding diaryl/α,β-unsaturated/α-hetero) is 1. The summed E-state index contributed by atoms with van der Waals surface area (Å²) in [4.78, 5) is 23.8. The van der Waals surface area contributed by atoms with E-state index < -0.39 is 5.25 Å². The van der Waals surface area contributed by atoms with E-state index in [1.54, 1.807) is 31.2 Å². The van der Waals surface area contributed by atoms with Crippen molar-refractivity contribution in [2.24, 2.45) is 0 Å². The average molecular weight is 345 g/mol. The van der Waals surface area contributed by atoms with Crippen molar-refractivity contribution in [2.75, 3.05) is 11.2 Å². The predicted octanol–water partition coefficient (Wildman–Crippen LogP) is 2.19. The topological polar surface area (TPSA) is 103 Å². The Bertz CT molecular complexity index is 785. The molecule has 3 rings (SSSR count). The van der Waals surface area contributed by atoms with Gasteiger partial charge < -0.3 is 11.2 Å². The van der Waals surface area contributed by atoms with Crippen LogP contribution in [0.4, 0.5) is 5.69 Å². The number of amides is 1. The van der Waals surface area contributed by atoms with Crippen LogP contribution >= 0.6 is 11.8 Å². The van der Waals surface area contributed by atoms with E-state index in [0.29, 0.717) is 22.3 Å². The lowest BCUT2D eigenvalue weighted by Gasteiger charge is -2.12. The molecule has 2 aromatic rings. The Balaban J connectivity index is 1.64. The van der Waals surface area contributed by atoms with Gasteiger partial charge in [0, 0.05) is 17.2 Å². The minimum atomic E-state index is -0.399. The van der Waals surface area contributed by atoms with Crippen molar-refractivity contribution in [1.29, 1.82) is 0 Å². The van der Waals surface area contributed by atoms with Crippen molar-refractivity contribution in [3.8, 4) is 0 Å².